The molecule has 0 aliphatic heterocycles. The van der Waals surface area contributed by atoms with Crippen LogP contribution in [0.4, 0.5) is 10.1 Å². The number of halogens is 1. The van der Waals surface area contributed by atoms with Crippen molar-refractivity contribution in [3.63, 3.8) is 0 Å². The average molecular weight is 328 g/mol. The number of aryl methyl sites for hydroxylation is 3. The van der Waals surface area contributed by atoms with E-state index >= 15 is 0 Å². The fraction of sp³-hybridized carbons (Fsp3) is 0.389. The molecular formula is C18H21FN4O. The molecule has 0 unspecified atom stereocenters. The number of carbonyl (C=O) groups is 1. The number of hydrogen-bond donors (Lipinski definition) is 1. The van der Waals surface area contributed by atoms with Crippen LogP contribution in [0.15, 0.2) is 18.2 Å². The van der Waals surface area contributed by atoms with Crippen LogP contribution in [0, 0.1) is 37.9 Å². The number of carbonyl (C=O) groups excluding carboxylic acids is 1. The molecule has 0 saturated carbocycles. The summed E-state index contributed by atoms with van der Waals surface area (Å²) in [5.74, 6) is -0.435. The van der Waals surface area contributed by atoms with Crippen LogP contribution in [0.5, 0.6) is 0 Å². The molecule has 0 bridgehead atoms. The van der Waals surface area contributed by atoms with Crippen molar-refractivity contribution < 1.29 is 9.18 Å². The van der Waals surface area contributed by atoms with Crippen molar-refractivity contribution in [2.24, 2.45) is 0 Å². The van der Waals surface area contributed by atoms with E-state index < -0.39 is 0 Å². The lowest BCUT2D eigenvalue weighted by atomic mass is 10.1. The van der Waals surface area contributed by atoms with Gasteiger partial charge in [0, 0.05) is 17.8 Å². The number of nitrogens with one attached hydrogen (secondary N) is 1. The number of amides is 1. The zero-order chi connectivity index (χ0) is 17.7. The van der Waals surface area contributed by atoms with Crippen molar-refractivity contribution in [2.45, 2.75) is 46.6 Å². The number of nitriles is 1. The molecule has 1 aromatic carbocycles. The first kappa shape index (κ1) is 17.7. The minimum absolute atomic E-state index is 0.117. The van der Waals surface area contributed by atoms with Crippen molar-refractivity contribution in [3.05, 3.63) is 46.5 Å². The van der Waals surface area contributed by atoms with Gasteiger partial charge >= 0.3 is 0 Å². The molecule has 1 amide bonds. The van der Waals surface area contributed by atoms with E-state index in [1.54, 1.807) is 13.0 Å². The molecular weight excluding hydrogens is 307 g/mol. The monoisotopic (exact) mass is 328 g/mol. The average Bonchev–Trinajstić information content (AvgIpc) is 2.80. The van der Waals surface area contributed by atoms with Gasteiger partial charge in [-0.1, -0.05) is 0 Å². The molecule has 0 aliphatic carbocycles. The molecule has 126 valence electrons. The minimum Gasteiger partial charge on any atom is -0.326 e. The molecule has 1 heterocycles. The highest BCUT2D eigenvalue weighted by molar-refractivity contribution is 5.91. The van der Waals surface area contributed by atoms with Gasteiger partial charge in [-0.3, -0.25) is 9.48 Å². The van der Waals surface area contributed by atoms with Gasteiger partial charge in [0.05, 0.1) is 24.7 Å². The molecule has 0 fully saturated rings. The predicted molar refractivity (Wildman–Crippen MR) is 90.0 cm³/mol. The summed E-state index contributed by atoms with van der Waals surface area (Å²) in [4.78, 5) is 12.1. The lowest BCUT2D eigenvalue weighted by Gasteiger charge is -2.09. The number of benzene rings is 1. The third-order valence-electron chi connectivity index (χ3n) is 4.03. The van der Waals surface area contributed by atoms with Crippen LogP contribution < -0.4 is 5.32 Å². The van der Waals surface area contributed by atoms with Gasteiger partial charge in [-0.25, -0.2) is 4.39 Å². The summed E-state index contributed by atoms with van der Waals surface area (Å²) in [5, 5.41) is 15.9. The van der Waals surface area contributed by atoms with Gasteiger partial charge in [0.15, 0.2) is 0 Å². The normalized spacial score (nSPS) is 10.5. The topological polar surface area (TPSA) is 70.7 Å². The molecule has 5 nitrogen and oxygen atoms in total. The van der Waals surface area contributed by atoms with Gasteiger partial charge in [-0.05, 0) is 56.5 Å². The molecule has 24 heavy (non-hydrogen) atoms. The highest BCUT2D eigenvalue weighted by Gasteiger charge is 2.13. The Morgan fingerprint density at radius 1 is 1.38 bits per heavy atom. The van der Waals surface area contributed by atoms with Crippen molar-refractivity contribution in [2.75, 3.05) is 5.32 Å². The number of aromatic nitrogens is 2. The summed E-state index contributed by atoms with van der Waals surface area (Å²) in [6.45, 7) is 6.18. The Morgan fingerprint density at radius 2 is 2.12 bits per heavy atom. The van der Waals surface area contributed by atoms with E-state index in [2.05, 4.69) is 16.5 Å². The van der Waals surface area contributed by atoms with Gasteiger partial charge in [-0.2, -0.15) is 10.4 Å². The second-order valence-electron chi connectivity index (χ2n) is 5.79. The number of anilines is 1. The van der Waals surface area contributed by atoms with Gasteiger partial charge in [-0.15, -0.1) is 0 Å². The molecule has 2 rings (SSSR count). The van der Waals surface area contributed by atoms with E-state index in [-0.39, 0.29) is 11.7 Å². The maximum Gasteiger partial charge on any atom is 0.224 e. The fourth-order valence-electron chi connectivity index (χ4n) is 2.69. The summed E-state index contributed by atoms with van der Waals surface area (Å²) in [5.41, 5.74) is 4.24. The van der Waals surface area contributed by atoms with E-state index in [1.807, 2.05) is 18.5 Å². The lowest BCUT2D eigenvalue weighted by molar-refractivity contribution is -0.116. The van der Waals surface area contributed by atoms with E-state index in [0.717, 1.165) is 17.0 Å². The highest BCUT2D eigenvalue weighted by atomic mass is 19.1. The maximum absolute atomic E-state index is 13.1. The molecule has 0 radical (unpaired) electrons. The van der Waals surface area contributed by atoms with Crippen LogP contribution in [0.1, 0.15) is 35.4 Å². The minimum atomic E-state index is -0.318. The quantitative estimate of drug-likeness (QED) is 0.883. The Hall–Kier alpha value is -2.68. The smallest absolute Gasteiger partial charge is 0.224 e. The zero-order valence-corrected chi connectivity index (χ0v) is 14.2. The van der Waals surface area contributed by atoms with Crippen LogP contribution in [0.25, 0.3) is 0 Å². The molecule has 0 atom stereocenters. The van der Waals surface area contributed by atoms with Gasteiger partial charge in [0.25, 0.3) is 0 Å². The fourth-order valence-corrected chi connectivity index (χ4v) is 2.69. The van der Waals surface area contributed by atoms with E-state index in [0.29, 0.717) is 37.1 Å². The third-order valence-corrected chi connectivity index (χ3v) is 4.03. The molecule has 1 N–H and O–H groups in total. The Balaban J connectivity index is 1.99. The Bertz CT molecular complexity index is 789. The van der Waals surface area contributed by atoms with Crippen LogP contribution in [-0.4, -0.2) is 15.7 Å². The first-order chi connectivity index (χ1) is 11.4. The van der Waals surface area contributed by atoms with Crippen molar-refractivity contribution >= 4 is 11.6 Å². The molecule has 2 aromatic rings. The van der Waals surface area contributed by atoms with E-state index in [4.69, 9.17) is 5.26 Å². The molecule has 6 heteroatoms. The number of hydrogen-bond acceptors (Lipinski definition) is 3. The van der Waals surface area contributed by atoms with Crippen molar-refractivity contribution in [3.8, 4) is 6.07 Å². The zero-order valence-electron chi connectivity index (χ0n) is 14.2. The molecule has 0 saturated heterocycles. The summed E-state index contributed by atoms with van der Waals surface area (Å²) in [7, 11) is 0. The first-order valence-corrected chi connectivity index (χ1v) is 7.88. The maximum atomic E-state index is 13.1. The predicted octanol–water partition coefficient (Wildman–Crippen LogP) is 3.43. The molecule has 0 aliphatic rings. The highest BCUT2D eigenvalue weighted by Crippen LogP contribution is 2.18. The van der Waals surface area contributed by atoms with Crippen LogP contribution in [0.3, 0.4) is 0 Å². The standard InChI is InChI=1S/C18H21FN4O/c1-12-11-15(19)5-7-17(12)21-18(24)8-6-16-13(2)22-23(14(16)3)10-4-9-20/h5,7,11H,4,6,8,10H2,1-3H3,(H,21,24). The summed E-state index contributed by atoms with van der Waals surface area (Å²) in [6.07, 6.45) is 1.31. The van der Waals surface area contributed by atoms with E-state index in [9.17, 15) is 9.18 Å². The largest absolute Gasteiger partial charge is 0.326 e. The van der Waals surface area contributed by atoms with Gasteiger partial charge < -0.3 is 5.32 Å². The second kappa shape index (κ2) is 7.73. The van der Waals surface area contributed by atoms with Crippen molar-refractivity contribution in [1.29, 1.82) is 5.26 Å². The Morgan fingerprint density at radius 3 is 2.79 bits per heavy atom. The molecule has 1 aromatic heterocycles. The van der Waals surface area contributed by atoms with Crippen molar-refractivity contribution in [1.82, 2.24) is 9.78 Å². The van der Waals surface area contributed by atoms with Crippen LogP contribution in [0.2, 0.25) is 0 Å². The lowest BCUT2D eigenvalue weighted by Crippen LogP contribution is -2.13. The Labute approximate surface area is 141 Å². The third kappa shape index (κ3) is 4.19. The first-order valence-electron chi connectivity index (χ1n) is 7.88. The van der Waals surface area contributed by atoms with Crippen LogP contribution in [-0.2, 0) is 17.8 Å². The van der Waals surface area contributed by atoms with Gasteiger partial charge in [0.1, 0.15) is 5.82 Å². The van der Waals surface area contributed by atoms with Crippen LogP contribution >= 0.6 is 0 Å². The molecule has 0 spiro atoms. The summed E-state index contributed by atoms with van der Waals surface area (Å²) >= 11 is 0. The number of rotatable bonds is 6. The van der Waals surface area contributed by atoms with Gasteiger partial charge in [0.2, 0.25) is 5.91 Å². The SMILES string of the molecule is Cc1cc(F)ccc1NC(=O)CCc1c(C)nn(CCC#N)c1C. The summed E-state index contributed by atoms with van der Waals surface area (Å²) < 4.78 is 14.9. The number of nitrogens with zero attached hydrogens (tertiary/aromatic N) is 3. The second-order valence-corrected chi connectivity index (χ2v) is 5.79. The van der Waals surface area contributed by atoms with E-state index in [1.165, 1.54) is 12.1 Å². The summed E-state index contributed by atoms with van der Waals surface area (Å²) in [6, 6.07) is 6.40. The Kier molecular flexibility index (Phi) is 5.69.